The highest BCUT2D eigenvalue weighted by molar-refractivity contribution is 9.10. The Labute approximate surface area is 96.3 Å². The Kier molecular flexibility index (Phi) is 2.38. The molecule has 1 aromatic rings. The Balaban J connectivity index is 2.31. The molecule has 3 nitrogen and oxygen atoms in total. The van der Waals surface area contributed by atoms with Crippen molar-refractivity contribution in [3.8, 4) is 0 Å². The van der Waals surface area contributed by atoms with E-state index in [2.05, 4.69) is 20.9 Å². The van der Waals surface area contributed by atoms with Gasteiger partial charge in [-0.2, -0.15) is 0 Å². The van der Waals surface area contributed by atoms with E-state index in [1.807, 2.05) is 24.3 Å². The second-order valence-corrected chi connectivity index (χ2v) is 4.82. The summed E-state index contributed by atoms with van der Waals surface area (Å²) in [6.07, 6.45) is 0. The quantitative estimate of drug-likeness (QED) is 0.811. The molecule has 0 unspecified atom stereocenters. The SMILES string of the molecule is CC1(C)OC(c2ccc(Br)cc2)=[NH+]C1=O. The Morgan fingerprint density at radius 1 is 1.27 bits per heavy atom. The van der Waals surface area contributed by atoms with Gasteiger partial charge in [0.25, 0.3) is 0 Å². The summed E-state index contributed by atoms with van der Waals surface area (Å²) in [6, 6.07) is 7.59. The van der Waals surface area contributed by atoms with Crippen molar-refractivity contribution in [2.45, 2.75) is 19.4 Å². The Bertz CT molecular complexity index is 434. The first-order valence-electron chi connectivity index (χ1n) is 4.62. The molecule has 0 aliphatic carbocycles. The molecule has 0 aromatic heterocycles. The van der Waals surface area contributed by atoms with E-state index in [-0.39, 0.29) is 5.91 Å². The molecule has 0 fully saturated rings. The molecule has 15 heavy (non-hydrogen) atoms. The minimum absolute atomic E-state index is 0.111. The fourth-order valence-corrected chi connectivity index (χ4v) is 1.58. The van der Waals surface area contributed by atoms with Crippen molar-refractivity contribution in [1.82, 2.24) is 0 Å². The molecule has 1 amide bonds. The summed E-state index contributed by atoms with van der Waals surface area (Å²) >= 11 is 3.35. The maximum Gasteiger partial charge on any atom is 0.431 e. The van der Waals surface area contributed by atoms with Gasteiger partial charge in [0.05, 0.1) is 5.56 Å². The van der Waals surface area contributed by atoms with Gasteiger partial charge in [-0.05, 0) is 38.1 Å². The molecule has 0 atom stereocenters. The first-order chi connectivity index (χ1) is 6.99. The zero-order valence-electron chi connectivity index (χ0n) is 8.50. The first-order valence-corrected chi connectivity index (χ1v) is 5.42. The molecule has 1 heterocycles. The van der Waals surface area contributed by atoms with Gasteiger partial charge in [0.15, 0.2) is 0 Å². The molecule has 4 heteroatoms. The minimum Gasteiger partial charge on any atom is -0.422 e. The Hall–Kier alpha value is -1.16. The third-order valence-electron chi connectivity index (χ3n) is 2.24. The van der Waals surface area contributed by atoms with E-state index in [0.29, 0.717) is 5.90 Å². The highest BCUT2D eigenvalue weighted by Gasteiger charge is 2.44. The van der Waals surface area contributed by atoms with Gasteiger partial charge in [0.2, 0.25) is 5.60 Å². The number of halogens is 1. The van der Waals surface area contributed by atoms with E-state index in [1.165, 1.54) is 0 Å². The molecule has 0 bridgehead atoms. The molecule has 0 saturated heterocycles. The zero-order chi connectivity index (χ0) is 11.1. The summed E-state index contributed by atoms with van der Waals surface area (Å²) in [4.78, 5) is 14.2. The topological polar surface area (TPSA) is 40.3 Å². The first kappa shape index (κ1) is 10.4. The van der Waals surface area contributed by atoms with Gasteiger partial charge in [0.1, 0.15) is 0 Å². The maximum atomic E-state index is 11.5. The largest absolute Gasteiger partial charge is 0.431 e. The standard InChI is InChI=1S/C11H10BrNO2/c1-11(2)10(14)13-9(15-11)7-3-5-8(12)6-4-7/h3-6H,1-2H3/p+1. The Morgan fingerprint density at radius 3 is 2.33 bits per heavy atom. The second-order valence-electron chi connectivity index (χ2n) is 3.90. The molecule has 2 rings (SSSR count). The number of carbonyl (C=O) groups is 1. The van der Waals surface area contributed by atoms with Gasteiger partial charge in [-0.25, -0.2) is 4.79 Å². The molecular formula is C11H11BrNO2+. The molecule has 1 N–H and O–H groups in total. The molecule has 0 saturated carbocycles. The second kappa shape index (κ2) is 3.45. The fourth-order valence-electron chi connectivity index (χ4n) is 1.31. The smallest absolute Gasteiger partial charge is 0.422 e. The van der Waals surface area contributed by atoms with Crippen molar-refractivity contribution in [2.75, 3.05) is 0 Å². The summed E-state index contributed by atoms with van der Waals surface area (Å²) in [7, 11) is 0. The van der Waals surface area contributed by atoms with Crippen LogP contribution in [0.5, 0.6) is 0 Å². The van der Waals surface area contributed by atoms with Crippen LogP contribution in [-0.4, -0.2) is 17.4 Å². The molecule has 1 aromatic carbocycles. The van der Waals surface area contributed by atoms with E-state index in [4.69, 9.17) is 4.74 Å². The molecule has 0 radical (unpaired) electrons. The molecule has 1 aliphatic rings. The number of ether oxygens (including phenoxy) is 1. The highest BCUT2D eigenvalue weighted by Crippen LogP contribution is 2.16. The van der Waals surface area contributed by atoms with Crippen LogP contribution in [0, 0.1) is 0 Å². The van der Waals surface area contributed by atoms with Gasteiger partial charge >= 0.3 is 11.8 Å². The van der Waals surface area contributed by atoms with Crippen LogP contribution in [0.3, 0.4) is 0 Å². The molecular weight excluding hydrogens is 258 g/mol. The number of rotatable bonds is 1. The minimum atomic E-state index is -0.775. The van der Waals surface area contributed by atoms with Gasteiger partial charge in [0, 0.05) is 4.47 Å². The predicted octanol–water partition coefficient (Wildman–Crippen LogP) is 0.612. The molecule has 1 aliphatic heterocycles. The van der Waals surface area contributed by atoms with Crippen molar-refractivity contribution < 1.29 is 14.5 Å². The number of carbonyl (C=O) groups excluding carboxylic acids is 1. The van der Waals surface area contributed by atoms with Crippen LogP contribution in [0.4, 0.5) is 0 Å². The monoisotopic (exact) mass is 268 g/mol. The van der Waals surface area contributed by atoms with Crippen LogP contribution in [0.25, 0.3) is 0 Å². The van der Waals surface area contributed by atoms with E-state index in [9.17, 15) is 4.79 Å². The lowest BCUT2D eigenvalue weighted by Crippen LogP contribution is -2.76. The summed E-state index contributed by atoms with van der Waals surface area (Å²) in [5.74, 6) is 0.415. The summed E-state index contributed by atoms with van der Waals surface area (Å²) in [5, 5.41) is 0. The Morgan fingerprint density at radius 2 is 1.87 bits per heavy atom. The maximum absolute atomic E-state index is 11.5. The van der Waals surface area contributed by atoms with E-state index in [0.717, 1.165) is 10.0 Å². The van der Waals surface area contributed by atoms with Crippen LogP contribution < -0.4 is 4.99 Å². The number of nitrogens with one attached hydrogen (secondary N) is 1. The lowest BCUT2D eigenvalue weighted by molar-refractivity contribution is -0.373. The third-order valence-corrected chi connectivity index (χ3v) is 2.77. The fraction of sp³-hybridized carbons (Fsp3) is 0.273. The van der Waals surface area contributed by atoms with Crippen molar-refractivity contribution >= 4 is 27.7 Å². The predicted molar refractivity (Wildman–Crippen MR) is 59.4 cm³/mol. The summed E-state index contributed by atoms with van der Waals surface area (Å²) in [5.41, 5.74) is 0.0969. The van der Waals surface area contributed by atoms with E-state index < -0.39 is 5.60 Å². The number of amides is 1. The third kappa shape index (κ3) is 1.95. The average Bonchev–Trinajstić information content (AvgIpc) is 2.42. The molecule has 78 valence electrons. The average molecular weight is 269 g/mol. The van der Waals surface area contributed by atoms with Crippen LogP contribution in [-0.2, 0) is 9.53 Å². The zero-order valence-corrected chi connectivity index (χ0v) is 10.1. The van der Waals surface area contributed by atoms with Crippen LogP contribution in [0.15, 0.2) is 28.7 Å². The van der Waals surface area contributed by atoms with E-state index >= 15 is 0 Å². The van der Waals surface area contributed by atoms with Crippen molar-refractivity contribution in [1.29, 1.82) is 0 Å². The van der Waals surface area contributed by atoms with Gasteiger partial charge < -0.3 is 4.74 Å². The van der Waals surface area contributed by atoms with Crippen LogP contribution in [0.2, 0.25) is 0 Å². The van der Waals surface area contributed by atoms with Crippen molar-refractivity contribution in [2.24, 2.45) is 0 Å². The number of hydrogen-bond donors (Lipinski definition) is 1. The number of benzene rings is 1. The van der Waals surface area contributed by atoms with Gasteiger partial charge in [-0.3, -0.25) is 0 Å². The van der Waals surface area contributed by atoms with Crippen molar-refractivity contribution in [3.63, 3.8) is 0 Å². The molecule has 0 spiro atoms. The van der Waals surface area contributed by atoms with Gasteiger partial charge in [-0.1, -0.05) is 15.9 Å². The lowest BCUT2D eigenvalue weighted by atomic mass is 10.1. The highest BCUT2D eigenvalue weighted by atomic mass is 79.9. The number of hydrogen-bond acceptors (Lipinski definition) is 2. The van der Waals surface area contributed by atoms with Crippen LogP contribution >= 0.6 is 15.9 Å². The summed E-state index contributed by atoms with van der Waals surface area (Å²) in [6.45, 7) is 3.49. The van der Waals surface area contributed by atoms with E-state index in [1.54, 1.807) is 13.8 Å². The lowest BCUT2D eigenvalue weighted by Gasteiger charge is -2.09. The van der Waals surface area contributed by atoms with Gasteiger partial charge in [-0.15, -0.1) is 4.99 Å². The van der Waals surface area contributed by atoms with Crippen molar-refractivity contribution in [3.05, 3.63) is 34.3 Å². The normalized spacial score (nSPS) is 18.6. The summed E-state index contributed by atoms with van der Waals surface area (Å²) < 4.78 is 6.52. The van der Waals surface area contributed by atoms with Crippen LogP contribution in [0.1, 0.15) is 19.4 Å².